The van der Waals surface area contributed by atoms with Gasteiger partial charge < -0.3 is 26.8 Å². The minimum Gasteiger partial charge on any atom is -0.390 e. The Balaban J connectivity index is 5.31. The van der Waals surface area contributed by atoms with E-state index in [4.69, 9.17) is 16.2 Å². The van der Waals surface area contributed by atoms with E-state index in [-0.39, 0.29) is 11.8 Å². The minimum absolute atomic E-state index is 0.270. The third kappa shape index (κ3) is 8.04. The number of esters is 2. The first-order valence-corrected chi connectivity index (χ1v) is 9.33. The van der Waals surface area contributed by atoms with Crippen LogP contribution in [0.15, 0.2) is 0 Å². The molecule has 0 aliphatic rings. The van der Waals surface area contributed by atoms with Gasteiger partial charge in [0, 0.05) is 0 Å². The molecule has 0 fully saturated rings. The van der Waals surface area contributed by atoms with E-state index in [1.54, 1.807) is 13.8 Å². The fourth-order valence-corrected chi connectivity index (χ4v) is 2.13. The van der Waals surface area contributed by atoms with Crippen molar-refractivity contribution < 1.29 is 23.9 Å². The second-order valence-corrected chi connectivity index (χ2v) is 7.06. The van der Waals surface area contributed by atoms with Gasteiger partial charge in [0.2, 0.25) is 11.8 Å². The topological polar surface area (TPSA) is 154 Å². The summed E-state index contributed by atoms with van der Waals surface area (Å²) >= 11 is 0. The van der Waals surface area contributed by atoms with Crippen LogP contribution in [-0.4, -0.2) is 47.9 Å². The van der Waals surface area contributed by atoms with E-state index in [9.17, 15) is 19.2 Å². The second kappa shape index (κ2) is 11.7. The predicted molar refractivity (Wildman–Crippen MR) is 101 cm³/mol. The van der Waals surface area contributed by atoms with Crippen molar-refractivity contribution in [2.24, 2.45) is 23.3 Å². The summed E-state index contributed by atoms with van der Waals surface area (Å²) in [6.07, 6.45) is 1.15. The van der Waals surface area contributed by atoms with Gasteiger partial charge in [-0.1, -0.05) is 40.5 Å². The van der Waals surface area contributed by atoms with Gasteiger partial charge in [-0.05, 0) is 25.7 Å². The van der Waals surface area contributed by atoms with Crippen molar-refractivity contribution in [1.29, 1.82) is 0 Å². The molecular weight excluding hydrogens is 352 g/mol. The van der Waals surface area contributed by atoms with Gasteiger partial charge in [-0.25, -0.2) is 9.59 Å². The van der Waals surface area contributed by atoms with Crippen LogP contribution in [0, 0.1) is 11.8 Å². The third-order valence-electron chi connectivity index (χ3n) is 4.56. The standard InChI is InChI=1S/C18H34N4O5/c1-7-9(3)13(21-15(23)11(5)19)17(25)27-18(26)14(10(4)8-2)22-16(24)12(6)20/h9-14H,7-8,19-20H2,1-6H3,(H,21,23)(H,22,24)/t9-,10-,11-,12-,13-,14-/m0/s1. The zero-order valence-corrected chi connectivity index (χ0v) is 17.1. The van der Waals surface area contributed by atoms with E-state index in [2.05, 4.69) is 10.6 Å². The molecule has 6 N–H and O–H groups in total. The maximum Gasteiger partial charge on any atom is 0.336 e. The van der Waals surface area contributed by atoms with E-state index in [0.717, 1.165) is 0 Å². The van der Waals surface area contributed by atoms with E-state index >= 15 is 0 Å². The van der Waals surface area contributed by atoms with Crippen molar-refractivity contribution in [1.82, 2.24) is 10.6 Å². The summed E-state index contributed by atoms with van der Waals surface area (Å²) in [4.78, 5) is 48.8. The van der Waals surface area contributed by atoms with Gasteiger partial charge in [0.15, 0.2) is 0 Å². The second-order valence-electron chi connectivity index (χ2n) is 7.06. The summed E-state index contributed by atoms with van der Waals surface area (Å²) in [5.74, 6) is -3.34. The van der Waals surface area contributed by atoms with Gasteiger partial charge >= 0.3 is 11.9 Å². The SMILES string of the molecule is CC[C@H](C)[C@H](NC(=O)[C@H](C)N)C(=O)OC(=O)[C@@H](NC(=O)[C@H](C)N)[C@@H](C)CC. The van der Waals surface area contributed by atoms with E-state index in [1.165, 1.54) is 13.8 Å². The molecule has 6 atom stereocenters. The summed E-state index contributed by atoms with van der Waals surface area (Å²) in [7, 11) is 0. The number of rotatable bonds is 10. The summed E-state index contributed by atoms with van der Waals surface area (Å²) in [6.45, 7) is 10.2. The van der Waals surface area contributed by atoms with Crippen molar-refractivity contribution in [3.63, 3.8) is 0 Å². The first-order valence-electron chi connectivity index (χ1n) is 9.33. The molecule has 0 aromatic heterocycles. The van der Waals surface area contributed by atoms with Gasteiger partial charge in [0.1, 0.15) is 12.1 Å². The number of ether oxygens (including phenoxy) is 1. The highest BCUT2D eigenvalue weighted by molar-refractivity contribution is 5.95. The number of nitrogens with two attached hydrogens (primary N) is 2. The lowest BCUT2D eigenvalue weighted by atomic mass is 9.97. The normalized spacial score (nSPS) is 17.6. The molecule has 2 amide bonds. The first-order chi connectivity index (χ1) is 12.5. The van der Waals surface area contributed by atoms with Crippen LogP contribution >= 0.6 is 0 Å². The van der Waals surface area contributed by atoms with Crippen molar-refractivity contribution in [3.05, 3.63) is 0 Å². The Bertz CT molecular complexity index is 490. The highest BCUT2D eigenvalue weighted by Gasteiger charge is 2.34. The van der Waals surface area contributed by atoms with E-state index < -0.39 is 47.9 Å². The van der Waals surface area contributed by atoms with Crippen molar-refractivity contribution >= 4 is 23.8 Å². The molecule has 0 aliphatic carbocycles. The predicted octanol–water partition coefficient (Wildman–Crippen LogP) is -0.188. The summed E-state index contributed by atoms with van der Waals surface area (Å²) in [5, 5.41) is 5.03. The lowest BCUT2D eigenvalue weighted by Crippen LogP contribution is -2.54. The number of hydrogen-bond donors (Lipinski definition) is 4. The van der Waals surface area contributed by atoms with Crippen LogP contribution in [0.3, 0.4) is 0 Å². The van der Waals surface area contributed by atoms with Gasteiger partial charge in [-0.15, -0.1) is 0 Å². The van der Waals surface area contributed by atoms with Gasteiger partial charge in [0.05, 0.1) is 12.1 Å². The van der Waals surface area contributed by atoms with Crippen LogP contribution in [0.2, 0.25) is 0 Å². The zero-order valence-electron chi connectivity index (χ0n) is 17.1. The fraction of sp³-hybridized carbons (Fsp3) is 0.778. The Morgan fingerprint density at radius 3 is 1.26 bits per heavy atom. The van der Waals surface area contributed by atoms with Crippen LogP contribution in [0.4, 0.5) is 0 Å². The Labute approximate surface area is 160 Å². The molecule has 0 rings (SSSR count). The van der Waals surface area contributed by atoms with E-state index in [0.29, 0.717) is 12.8 Å². The fourth-order valence-electron chi connectivity index (χ4n) is 2.13. The lowest BCUT2D eigenvalue weighted by Gasteiger charge is -2.26. The van der Waals surface area contributed by atoms with Crippen LogP contribution in [0.5, 0.6) is 0 Å². The number of hydrogen-bond acceptors (Lipinski definition) is 7. The van der Waals surface area contributed by atoms with Crippen LogP contribution < -0.4 is 22.1 Å². The van der Waals surface area contributed by atoms with E-state index in [1.807, 2.05) is 13.8 Å². The molecule has 0 bridgehead atoms. The first kappa shape index (κ1) is 25.0. The average Bonchev–Trinajstić information content (AvgIpc) is 2.61. The Hall–Kier alpha value is -2.00. The molecule has 0 aliphatic heterocycles. The van der Waals surface area contributed by atoms with Crippen molar-refractivity contribution in [2.45, 2.75) is 78.6 Å². The van der Waals surface area contributed by atoms with Gasteiger partial charge in [-0.2, -0.15) is 0 Å². The van der Waals surface area contributed by atoms with Gasteiger partial charge in [-0.3, -0.25) is 9.59 Å². The number of amides is 2. The van der Waals surface area contributed by atoms with Crippen molar-refractivity contribution in [2.75, 3.05) is 0 Å². The highest BCUT2D eigenvalue weighted by atomic mass is 16.6. The molecule has 0 saturated heterocycles. The molecule has 0 heterocycles. The maximum atomic E-state index is 12.5. The summed E-state index contributed by atoms with van der Waals surface area (Å²) in [5.41, 5.74) is 11.1. The molecule has 0 spiro atoms. The van der Waals surface area contributed by atoms with Crippen LogP contribution in [0.25, 0.3) is 0 Å². The third-order valence-corrected chi connectivity index (χ3v) is 4.56. The average molecular weight is 386 g/mol. The molecule has 27 heavy (non-hydrogen) atoms. The molecular formula is C18H34N4O5. The Morgan fingerprint density at radius 2 is 1.04 bits per heavy atom. The Kier molecular flexibility index (Phi) is 10.8. The molecule has 0 unspecified atom stereocenters. The summed E-state index contributed by atoms with van der Waals surface area (Å²) in [6, 6.07) is -3.64. The van der Waals surface area contributed by atoms with Crippen LogP contribution in [-0.2, 0) is 23.9 Å². The smallest absolute Gasteiger partial charge is 0.336 e. The molecule has 156 valence electrons. The number of carbonyl (C=O) groups is 4. The highest BCUT2D eigenvalue weighted by Crippen LogP contribution is 2.13. The number of nitrogens with one attached hydrogen (secondary N) is 2. The minimum atomic E-state index is -1.01. The molecule has 0 aromatic carbocycles. The van der Waals surface area contributed by atoms with Crippen LogP contribution in [0.1, 0.15) is 54.4 Å². The Morgan fingerprint density at radius 1 is 0.741 bits per heavy atom. The zero-order chi connectivity index (χ0) is 21.3. The molecule has 0 saturated carbocycles. The lowest BCUT2D eigenvalue weighted by molar-refractivity contribution is -0.165. The largest absolute Gasteiger partial charge is 0.390 e. The molecule has 0 aromatic rings. The maximum absolute atomic E-state index is 12.5. The van der Waals surface area contributed by atoms with Crippen molar-refractivity contribution in [3.8, 4) is 0 Å². The number of carbonyl (C=O) groups excluding carboxylic acids is 4. The quantitative estimate of drug-likeness (QED) is 0.300. The monoisotopic (exact) mass is 386 g/mol. The molecule has 9 heteroatoms. The molecule has 9 nitrogen and oxygen atoms in total. The molecule has 0 radical (unpaired) electrons. The summed E-state index contributed by atoms with van der Waals surface area (Å²) < 4.78 is 4.99. The van der Waals surface area contributed by atoms with Gasteiger partial charge in [0.25, 0.3) is 0 Å².